The Hall–Kier alpha value is 0.861. The molecule has 0 fully saturated rings. The molecule has 0 saturated carbocycles. The van der Waals surface area contributed by atoms with Crippen molar-refractivity contribution in [3.05, 3.63) is 0 Å². The zero-order chi connectivity index (χ0) is 8.08. The SMILES string of the molecule is O=C(O)O.O=P([O-])([O-])O.[Sr+2]. The van der Waals surface area contributed by atoms with Gasteiger partial charge >= 0.3 is 51.6 Å². The Morgan fingerprint density at radius 3 is 1.30 bits per heavy atom. The van der Waals surface area contributed by atoms with Crippen molar-refractivity contribution in [1.29, 1.82) is 0 Å². The van der Waals surface area contributed by atoms with Crippen LogP contribution in [-0.2, 0) is 4.57 Å². The molecule has 0 spiro atoms. The first-order valence-electron chi connectivity index (χ1n) is 1.40. The van der Waals surface area contributed by atoms with Gasteiger partial charge in [-0.1, -0.05) is 0 Å². The summed E-state index contributed by atoms with van der Waals surface area (Å²) >= 11 is 0. The van der Waals surface area contributed by atoms with Crippen LogP contribution in [-0.4, -0.2) is 66.7 Å². The molecular weight excluding hydrogens is 243 g/mol. The second kappa shape index (κ2) is 7.96. The summed E-state index contributed by atoms with van der Waals surface area (Å²) < 4.78 is 8.66. The fourth-order valence-electron chi connectivity index (χ4n) is 0. The van der Waals surface area contributed by atoms with E-state index in [-0.39, 0.29) is 45.5 Å². The number of carbonyl (C=O) groups is 1. The Morgan fingerprint density at radius 1 is 1.30 bits per heavy atom. The maximum atomic E-state index is 8.66. The standard InChI is InChI=1S/CH2O3.H3O4P.Sr/c2-1(3)4;1-5(2,3)4;/h(H2,2,3,4);(H3,1,2,3,4);/q;;+2/p-2. The minimum Gasteiger partial charge on any atom is -0.790 e. The second-order valence-corrected chi connectivity index (χ2v) is 1.69. The molecule has 0 saturated heterocycles. The van der Waals surface area contributed by atoms with E-state index in [1.807, 2.05) is 0 Å². The molecular formula is CH3O7PSr. The van der Waals surface area contributed by atoms with E-state index in [4.69, 9.17) is 34.3 Å². The smallest absolute Gasteiger partial charge is 0.790 e. The molecule has 0 aliphatic heterocycles. The molecule has 0 aliphatic carbocycles. The summed E-state index contributed by atoms with van der Waals surface area (Å²) in [5.74, 6) is 0. The van der Waals surface area contributed by atoms with Gasteiger partial charge in [0.1, 0.15) is 0 Å². The first-order chi connectivity index (χ1) is 3.73. The van der Waals surface area contributed by atoms with Crippen molar-refractivity contribution in [1.82, 2.24) is 0 Å². The number of rotatable bonds is 0. The molecule has 0 aromatic rings. The van der Waals surface area contributed by atoms with Crippen LogP contribution in [0.4, 0.5) is 4.79 Å². The fraction of sp³-hybridized carbons (Fsp3) is 0. The molecule has 0 heterocycles. The van der Waals surface area contributed by atoms with Crippen molar-refractivity contribution in [2.24, 2.45) is 0 Å². The summed E-state index contributed by atoms with van der Waals surface area (Å²) in [5.41, 5.74) is 0. The van der Waals surface area contributed by atoms with Gasteiger partial charge in [0.05, 0.1) is 7.82 Å². The van der Waals surface area contributed by atoms with Crippen molar-refractivity contribution in [3.8, 4) is 0 Å². The largest absolute Gasteiger partial charge is 2.00 e. The number of carboxylic acid groups (broad SMARTS) is 2. The van der Waals surface area contributed by atoms with Gasteiger partial charge in [0.2, 0.25) is 0 Å². The first kappa shape index (κ1) is 17.1. The van der Waals surface area contributed by atoms with Gasteiger partial charge in [-0.05, 0) is 0 Å². The minimum atomic E-state index is -5.14. The molecule has 10 heavy (non-hydrogen) atoms. The summed E-state index contributed by atoms with van der Waals surface area (Å²) in [7, 11) is -5.14. The Balaban J connectivity index is -0.0000000910. The van der Waals surface area contributed by atoms with Crippen LogP contribution in [0.5, 0.6) is 0 Å². The van der Waals surface area contributed by atoms with E-state index < -0.39 is 14.0 Å². The predicted molar refractivity (Wildman–Crippen MR) is 26.2 cm³/mol. The van der Waals surface area contributed by atoms with Gasteiger partial charge in [0, 0.05) is 0 Å². The topological polar surface area (TPSA) is 141 Å². The van der Waals surface area contributed by atoms with Gasteiger partial charge in [-0.3, -0.25) is 0 Å². The van der Waals surface area contributed by atoms with Crippen LogP contribution in [0.3, 0.4) is 0 Å². The molecule has 56 valence electrons. The van der Waals surface area contributed by atoms with Crippen LogP contribution in [0.25, 0.3) is 0 Å². The summed E-state index contributed by atoms with van der Waals surface area (Å²) in [6.45, 7) is 0. The van der Waals surface area contributed by atoms with Crippen molar-refractivity contribution >= 4 is 59.5 Å². The Bertz CT molecular complexity index is 113. The second-order valence-electron chi connectivity index (χ2n) is 0.751. The molecule has 0 unspecified atom stereocenters. The molecule has 0 amide bonds. The van der Waals surface area contributed by atoms with Gasteiger partial charge < -0.3 is 29.5 Å². The maximum absolute atomic E-state index is 8.66. The summed E-state index contributed by atoms with van der Waals surface area (Å²) in [6.07, 6.45) is -1.83. The Kier molecular flexibility index (Phi) is 13.6. The zero-order valence-corrected chi connectivity index (χ0v) is 9.00. The molecule has 9 heteroatoms. The minimum absolute atomic E-state index is 0. The van der Waals surface area contributed by atoms with E-state index in [1.165, 1.54) is 0 Å². The molecule has 7 nitrogen and oxygen atoms in total. The molecule has 0 bridgehead atoms. The number of hydrogen-bond acceptors (Lipinski definition) is 4. The van der Waals surface area contributed by atoms with Crippen LogP contribution in [0.1, 0.15) is 0 Å². The van der Waals surface area contributed by atoms with E-state index in [0.717, 1.165) is 0 Å². The summed E-state index contributed by atoms with van der Waals surface area (Å²) in [6, 6.07) is 0. The van der Waals surface area contributed by atoms with Crippen LogP contribution in [0, 0.1) is 0 Å². The van der Waals surface area contributed by atoms with E-state index in [9.17, 15) is 0 Å². The van der Waals surface area contributed by atoms with Gasteiger partial charge in [-0.15, -0.1) is 0 Å². The van der Waals surface area contributed by atoms with Crippen LogP contribution >= 0.6 is 7.82 Å². The zero-order valence-electron chi connectivity index (χ0n) is 4.63. The average molecular weight is 246 g/mol. The van der Waals surface area contributed by atoms with Gasteiger partial charge in [-0.2, -0.15) is 0 Å². The van der Waals surface area contributed by atoms with Crippen molar-refractivity contribution in [3.63, 3.8) is 0 Å². The van der Waals surface area contributed by atoms with Crippen LogP contribution < -0.4 is 9.79 Å². The quantitative estimate of drug-likeness (QED) is 0.320. The molecule has 0 aromatic heterocycles. The monoisotopic (exact) mass is 246 g/mol. The summed E-state index contributed by atoms with van der Waals surface area (Å²) in [5, 5.41) is 13.9. The van der Waals surface area contributed by atoms with Crippen molar-refractivity contribution < 1.29 is 34.3 Å². The van der Waals surface area contributed by atoms with Gasteiger partial charge in [0.25, 0.3) is 0 Å². The molecule has 0 aromatic carbocycles. The number of phosphoric acid groups is 1. The number of hydrogen-bond donors (Lipinski definition) is 3. The van der Waals surface area contributed by atoms with Gasteiger partial charge in [-0.25, -0.2) is 4.79 Å². The molecule has 3 N–H and O–H groups in total. The molecule has 0 aliphatic rings. The Morgan fingerprint density at radius 2 is 1.30 bits per heavy atom. The van der Waals surface area contributed by atoms with E-state index >= 15 is 0 Å². The maximum Gasteiger partial charge on any atom is 2.00 e. The van der Waals surface area contributed by atoms with Gasteiger partial charge in [0.15, 0.2) is 0 Å². The average Bonchev–Trinajstić information content (AvgIpc) is 1.19. The third-order valence-electron chi connectivity index (χ3n) is 0. The third kappa shape index (κ3) is 739. The summed E-state index contributed by atoms with van der Waals surface area (Å²) in [4.78, 5) is 32.8. The Labute approximate surface area is 92.8 Å². The van der Waals surface area contributed by atoms with E-state index in [0.29, 0.717) is 0 Å². The molecule has 0 rings (SSSR count). The normalized spacial score (nSPS) is 8.30. The molecule has 0 atom stereocenters. The van der Waals surface area contributed by atoms with Crippen molar-refractivity contribution in [2.45, 2.75) is 0 Å². The van der Waals surface area contributed by atoms with E-state index in [1.54, 1.807) is 0 Å². The first-order valence-corrected chi connectivity index (χ1v) is 2.89. The van der Waals surface area contributed by atoms with Crippen molar-refractivity contribution in [2.75, 3.05) is 0 Å². The molecule has 0 radical (unpaired) electrons. The van der Waals surface area contributed by atoms with Crippen LogP contribution in [0.2, 0.25) is 0 Å². The van der Waals surface area contributed by atoms with Crippen LogP contribution in [0.15, 0.2) is 0 Å². The predicted octanol–water partition coefficient (Wildman–Crippen LogP) is -2.35. The third-order valence-corrected chi connectivity index (χ3v) is 0. The van der Waals surface area contributed by atoms with E-state index in [2.05, 4.69) is 0 Å². The fourth-order valence-corrected chi connectivity index (χ4v) is 0.